The molecule has 4 atom stereocenters. The normalized spacial score (nSPS) is 53.7. The van der Waals surface area contributed by atoms with Gasteiger partial charge in [-0.2, -0.15) is 0 Å². The highest BCUT2D eigenvalue weighted by Gasteiger charge is 2.58. The van der Waals surface area contributed by atoms with Crippen LogP contribution in [0.3, 0.4) is 0 Å². The van der Waals surface area contributed by atoms with Crippen molar-refractivity contribution in [2.24, 2.45) is 23.7 Å². The minimum atomic E-state index is 0.238. The Bertz CT molecular complexity index is 232. The van der Waals surface area contributed by atoms with E-state index in [2.05, 4.69) is 12.2 Å². The number of hydrogen-bond acceptors (Lipinski definition) is 1. The summed E-state index contributed by atoms with van der Waals surface area (Å²) in [6.45, 7) is 0.238. The molecule has 11 heavy (non-hydrogen) atoms. The monoisotopic (exact) mass is 148 g/mol. The van der Waals surface area contributed by atoms with Crippen molar-refractivity contribution in [2.45, 2.75) is 6.42 Å². The standard InChI is InChI=1S/C10H12O/c11-4-3-8-9-6-1-2-7(5-6)10(8)9/h1-3,6-7,9-11H,4-5H2/t6-,7+,9-,10+. The molecule has 0 unspecified atom stereocenters. The first kappa shape index (κ1) is 6.01. The average Bonchev–Trinajstić information content (AvgIpc) is 2.43. The van der Waals surface area contributed by atoms with Crippen molar-refractivity contribution in [3.63, 3.8) is 0 Å². The quantitative estimate of drug-likeness (QED) is 0.557. The summed E-state index contributed by atoms with van der Waals surface area (Å²) in [6.07, 6.45) is 8.13. The lowest BCUT2D eigenvalue weighted by molar-refractivity contribution is 0.341. The highest BCUT2D eigenvalue weighted by molar-refractivity contribution is 5.41. The molecule has 2 saturated carbocycles. The number of aliphatic hydroxyl groups is 1. The van der Waals surface area contributed by atoms with Crippen LogP contribution in [0, 0.1) is 23.7 Å². The van der Waals surface area contributed by atoms with E-state index in [1.165, 1.54) is 6.42 Å². The maximum absolute atomic E-state index is 8.73. The smallest absolute Gasteiger partial charge is 0.0615 e. The maximum atomic E-state index is 8.73. The second kappa shape index (κ2) is 1.78. The fourth-order valence-electron chi connectivity index (χ4n) is 3.02. The van der Waals surface area contributed by atoms with Crippen molar-refractivity contribution >= 4 is 0 Å². The molecule has 0 radical (unpaired) electrons. The summed E-state index contributed by atoms with van der Waals surface area (Å²) < 4.78 is 0. The van der Waals surface area contributed by atoms with Gasteiger partial charge in [0.25, 0.3) is 0 Å². The maximum Gasteiger partial charge on any atom is 0.0615 e. The first-order chi connectivity index (χ1) is 5.42. The van der Waals surface area contributed by atoms with Crippen LogP contribution in [0.25, 0.3) is 0 Å². The summed E-state index contributed by atoms with van der Waals surface area (Å²) in [5.41, 5.74) is 1.54. The third kappa shape index (κ3) is 0.603. The minimum Gasteiger partial charge on any atom is -0.392 e. The largest absolute Gasteiger partial charge is 0.392 e. The van der Waals surface area contributed by atoms with E-state index in [1.54, 1.807) is 5.57 Å². The van der Waals surface area contributed by atoms with E-state index in [9.17, 15) is 0 Å². The first-order valence-electron chi connectivity index (χ1n) is 4.41. The SMILES string of the molecule is OCC=C1[C@@H]2[C@H]1[C@H]1C=C[C@@H]2C1. The van der Waals surface area contributed by atoms with E-state index >= 15 is 0 Å². The second-order valence-electron chi connectivity index (χ2n) is 3.89. The van der Waals surface area contributed by atoms with Gasteiger partial charge in [-0.05, 0) is 30.1 Å². The molecule has 3 aliphatic rings. The van der Waals surface area contributed by atoms with Crippen molar-refractivity contribution in [3.05, 3.63) is 23.8 Å². The Hall–Kier alpha value is -0.560. The van der Waals surface area contributed by atoms with Crippen LogP contribution in [0.5, 0.6) is 0 Å². The predicted molar refractivity (Wildman–Crippen MR) is 42.9 cm³/mol. The summed E-state index contributed by atoms with van der Waals surface area (Å²) >= 11 is 0. The Morgan fingerprint density at radius 2 is 2.00 bits per heavy atom. The van der Waals surface area contributed by atoms with Crippen LogP contribution >= 0.6 is 0 Å². The Kier molecular flexibility index (Phi) is 0.972. The molecule has 1 N–H and O–H groups in total. The molecule has 0 aromatic carbocycles. The lowest BCUT2D eigenvalue weighted by Crippen LogP contribution is -1.92. The molecule has 1 heteroatoms. The van der Waals surface area contributed by atoms with Crippen molar-refractivity contribution in [3.8, 4) is 0 Å². The van der Waals surface area contributed by atoms with Gasteiger partial charge in [0, 0.05) is 0 Å². The number of rotatable bonds is 1. The van der Waals surface area contributed by atoms with Gasteiger partial charge in [0.1, 0.15) is 0 Å². The number of allylic oxidation sites excluding steroid dienone is 3. The van der Waals surface area contributed by atoms with Crippen molar-refractivity contribution in [2.75, 3.05) is 6.61 Å². The van der Waals surface area contributed by atoms with Crippen molar-refractivity contribution < 1.29 is 5.11 Å². The molecule has 58 valence electrons. The van der Waals surface area contributed by atoms with E-state index in [-0.39, 0.29) is 6.61 Å². The topological polar surface area (TPSA) is 20.2 Å². The van der Waals surface area contributed by atoms with Crippen LogP contribution in [-0.2, 0) is 0 Å². The van der Waals surface area contributed by atoms with Crippen molar-refractivity contribution in [1.29, 1.82) is 0 Å². The zero-order valence-corrected chi connectivity index (χ0v) is 6.40. The Morgan fingerprint density at radius 1 is 1.36 bits per heavy atom. The summed E-state index contributed by atoms with van der Waals surface area (Å²) in [4.78, 5) is 0. The van der Waals surface area contributed by atoms with E-state index in [1.807, 2.05) is 6.08 Å². The molecule has 1 nitrogen and oxygen atoms in total. The van der Waals surface area contributed by atoms with E-state index < -0.39 is 0 Å². The molecule has 2 fully saturated rings. The van der Waals surface area contributed by atoms with Gasteiger partial charge < -0.3 is 5.11 Å². The predicted octanol–water partition coefficient (Wildman–Crippen LogP) is 1.36. The molecule has 0 aliphatic heterocycles. The number of fused-ring (bicyclic) bond motifs is 5. The van der Waals surface area contributed by atoms with Gasteiger partial charge in [0.15, 0.2) is 0 Å². The van der Waals surface area contributed by atoms with E-state index in [4.69, 9.17) is 5.11 Å². The van der Waals surface area contributed by atoms with Gasteiger partial charge in [0.2, 0.25) is 0 Å². The molecule has 0 aromatic heterocycles. The van der Waals surface area contributed by atoms with Crippen LogP contribution in [0.1, 0.15) is 6.42 Å². The van der Waals surface area contributed by atoms with Gasteiger partial charge in [0.05, 0.1) is 6.61 Å². The molecule has 0 aromatic rings. The van der Waals surface area contributed by atoms with Crippen LogP contribution < -0.4 is 0 Å². The molecule has 3 aliphatic carbocycles. The molecule has 3 rings (SSSR count). The zero-order valence-electron chi connectivity index (χ0n) is 6.40. The van der Waals surface area contributed by atoms with Crippen LogP contribution in [0.2, 0.25) is 0 Å². The van der Waals surface area contributed by atoms with E-state index in [0.29, 0.717) is 0 Å². The third-order valence-electron chi connectivity index (χ3n) is 3.45. The van der Waals surface area contributed by atoms with Crippen LogP contribution in [-0.4, -0.2) is 11.7 Å². The number of aliphatic hydroxyl groups excluding tert-OH is 1. The fourth-order valence-corrected chi connectivity index (χ4v) is 3.02. The van der Waals surface area contributed by atoms with Crippen LogP contribution in [0.4, 0.5) is 0 Å². The van der Waals surface area contributed by atoms with Gasteiger partial charge in [-0.15, -0.1) is 0 Å². The molecule has 0 spiro atoms. The molecule has 0 saturated heterocycles. The van der Waals surface area contributed by atoms with Gasteiger partial charge in [-0.3, -0.25) is 0 Å². The van der Waals surface area contributed by atoms with Gasteiger partial charge in [-0.25, -0.2) is 0 Å². The molecular weight excluding hydrogens is 136 g/mol. The van der Waals surface area contributed by atoms with Crippen molar-refractivity contribution in [1.82, 2.24) is 0 Å². The minimum absolute atomic E-state index is 0.238. The van der Waals surface area contributed by atoms with E-state index in [0.717, 1.165) is 23.7 Å². The molecule has 0 amide bonds. The second-order valence-corrected chi connectivity index (χ2v) is 3.89. The third-order valence-corrected chi connectivity index (χ3v) is 3.45. The summed E-state index contributed by atoms with van der Waals surface area (Å²) in [5.74, 6) is 3.36. The fraction of sp³-hybridized carbons (Fsp3) is 0.600. The Morgan fingerprint density at radius 3 is 2.55 bits per heavy atom. The zero-order chi connectivity index (χ0) is 7.42. The average molecular weight is 148 g/mol. The molecule has 0 heterocycles. The first-order valence-corrected chi connectivity index (χ1v) is 4.41. The highest BCUT2D eigenvalue weighted by atomic mass is 16.2. The lowest BCUT2D eigenvalue weighted by Gasteiger charge is -2.00. The van der Waals surface area contributed by atoms with Crippen LogP contribution in [0.15, 0.2) is 23.8 Å². The summed E-state index contributed by atoms with van der Waals surface area (Å²) in [6, 6.07) is 0. The highest BCUT2D eigenvalue weighted by Crippen LogP contribution is 2.66. The lowest BCUT2D eigenvalue weighted by atomic mass is 10.0. The molecule has 2 bridgehead atoms. The van der Waals surface area contributed by atoms with Gasteiger partial charge in [-0.1, -0.05) is 23.8 Å². The summed E-state index contributed by atoms with van der Waals surface area (Å²) in [7, 11) is 0. The van der Waals surface area contributed by atoms with Gasteiger partial charge >= 0.3 is 0 Å². The Labute approximate surface area is 66.4 Å². The Balaban J connectivity index is 1.90. The number of hydrogen-bond donors (Lipinski definition) is 1. The molecular formula is C10H12O. The summed E-state index contributed by atoms with van der Waals surface area (Å²) in [5, 5.41) is 8.73.